The van der Waals surface area contributed by atoms with E-state index in [0.29, 0.717) is 5.95 Å². The van der Waals surface area contributed by atoms with E-state index in [4.69, 9.17) is 5.73 Å². The Hall–Kier alpha value is -1.78. The van der Waals surface area contributed by atoms with Crippen LogP contribution in [-0.2, 0) is 0 Å². The van der Waals surface area contributed by atoms with Crippen LogP contribution in [0.1, 0.15) is 0 Å². The molecule has 0 bridgehead atoms. The van der Waals surface area contributed by atoms with Crippen LogP contribution in [0.15, 0.2) is 18.3 Å². The van der Waals surface area contributed by atoms with E-state index in [2.05, 4.69) is 9.97 Å². The van der Waals surface area contributed by atoms with Gasteiger partial charge in [-0.15, -0.1) is 0 Å². The minimum Gasteiger partial charge on any atom is -0.368 e. The molecule has 0 aliphatic heterocycles. The van der Waals surface area contributed by atoms with E-state index < -0.39 is 0 Å². The minimum atomic E-state index is 0.457. The van der Waals surface area contributed by atoms with Gasteiger partial charge in [0.05, 0.1) is 0 Å². The van der Waals surface area contributed by atoms with E-state index in [9.17, 15) is 0 Å². The van der Waals surface area contributed by atoms with E-state index in [-0.39, 0.29) is 0 Å². The second-order valence-electron chi connectivity index (χ2n) is 2.98. The summed E-state index contributed by atoms with van der Waals surface area (Å²) in [6.07, 6.45) is 1.73. The predicted molar refractivity (Wildman–Crippen MR) is 52.0 cm³/mol. The smallest absolute Gasteiger partial charge is 0.221 e. The summed E-state index contributed by atoms with van der Waals surface area (Å²) in [6, 6.07) is 3.73. The second-order valence-corrected chi connectivity index (χ2v) is 2.98. The average Bonchev–Trinajstić information content (AvgIpc) is 2.39. The highest BCUT2D eigenvalue weighted by Crippen LogP contribution is 2.13. The normalized spacial score (nSPS) is 10.6. The molecule has 2 rings (SSSR count). The fourth-order valence-electron chi connectivity index (χ4n) is 1.31. The highest BCUT2D eigenvalue weighted by molar-refractivity contribution is 5.74. The summed E-state index contributed by atoms with van der Waals surface area (Å²) in [4.78, 5) is 8.37. The van der Waals surface area contributed by atoms with Crippen molar-refractivity contribution in [3.05, 3.63) is 18.3 Å². The van der Waals surface area contributed by atoms with Crippen LogP contribution in [0.4, 0.5) is 5.95 Å². The Morgan fingerprint density at radius 1 is 1.46 bits per heavy atom. The number of hydrogen-bond acceptors (Lipinski definition) is 4. The topological polar surface area (TPSA) is 60.0 Å². The zero-order chi connectivity index (χ0) is 9.42. The molecule has 68 valence electrons. The molecule has 13 heavy (non-hydrogen) atoms. The van der Waals surface area contributed by atoms with Gasteiger partial charge in [-0.1, -0.05) is 0 Å². The Labute approximate surface area is 75.8 Å². The third-order valence-electron chi connectivity index (χ3n) is 1.82. The lowest BCUT2D eigenvalue weighted by atomic mass is 10.4. The molecular formula is C8H11N5. The minimum absolute atomic E-state index is 0.457. The van der Waals surface area contributed by atoms with Crippen LogP contribution in [0.25, 0.3) is 11.2 Å². The summed E-state index contributed by atoms with van der Waals surface area (Å²) in [5.74, 6) is 0.457. The molecule has 0 unspecified atom stereocenters. The number of anilines is 1. The summed E-state index contributed by atoms with van der Waals surface area (Å²) < 4.78 is 1.76. The van der Waals surface area contributed by atoms with Crippen molar-refractivity contribution in [2.45, 2.75) is 0 Å². The molecule has 2 N–H and O–H groups in total. The van der Waals surface area contributed by atoms with Crippen LogP contribution in [-0.4, -0.2) is 28.7 Å². The molecule has 2 aromatic heterocycles. The molecule has 0 amide bonds. The van der Waals surface area contributed by atoms with E-state index >= 15 is 0 Å². The predicted octanol–water partition coefficient (Wildman–Crippen LogP) is 0.211. The number of nitrogens with two attached hydrogens (primary N) is 1. The molecule has 0 aliphatic carbocycles. The number of pyridine rings is 1. The van der Waals surface area contributed by atoms with Gasteiger partial charge in [-0.3, -0.25) is 0 Å². The molecule has 0 spiro atoms. The monoisotopic (exact) mass is 177 g/mol. The van der Waals surface area contributed by atoms with E-state index in [0.717, 1.165) is 11.2 Å². The van der Waals surface area contributed by atoms with Gasteiger partial charge in [-0.05, 0) is 12.1 Å². The van der Waals surface area contributed by atoms with Crippen molar-refractivity contribution >= 4 is 17.1 Å². The number of rotatable bonds is 1. The van der Waals surface area contributed by atoms with Crippen LogP contribution < -0.4 is 10.7 Å². The van der Waals surface area contributed by atoms with E-state index in [1.54, 1.807) is 10.9 Å². The summed E-state index contributed by atoms with van der Waals surface area (Å²) in [5.41, 5.74) is 7.32. The molecule has 0 aromatic carbocycles. The number of nitrogens with zero attached hydrogens (tertiary/aromatic N) is 4. The van der Waals surface area contributed by atoms with E-state index in [1.165, 1.54) is 0 Å². The molecule has 5 heteroatoms. The first-order valence-electron chi connectivity index (χ1n) is 3.96. The highest BCUT2D eigenvalue weighted by atomic mass is 15.6. The Morgan fingerprint density at radius 3 is 2.92 bits per heavy atom. The quantitative estimate of drug-likeness (QED) is 0.676. The molecule has 0 saturated carbocycles. The first-order chi connectivity index (χ1) is 6.20. The molecule has 0 aliphatic rings. The number of hydrogen-bond donors (Lipinski definition) is 1. The molecule has 5 nitrogen and oxygen atoms in total. The number of aromatic nitrogens is 3. The summed E-state index contributed by atoms with van der Waals surface area (Å²) in [7, 11) is 3.79. The summed E-state index contributed by atoms with van der Waals surface area (Å²) in [6.45, 7) is 0. The Kier molecular flexibility index (Phi) is 1.58. The Morgan fingerprint density at radius 2 is 2.23 bits per heavy atom. The lowest BCUT2D eigenvalue weighted by molar-refractivity contribution is 0.757. The van der Waals surface area contributed by atoms with Crippen LogP contribution >= 0.6 is 0 Å². The third-order valence-corrected chi connectivity index (χ3v) is 1.82. The largest absolute Gasteiger partial charge is 0.368 e. The average molecular weight is 177 g/mol. The SMILES string of the molecule is CN(C)n1c(N)nc2cccnc21. The van der Waals surface area contributed by atoms with Crippen LogP contribution in [0.2, 0.25) is 0 Å². The van der Waals surface area contributed by atoms with Crippen LogP contribution in [0.3, 0.4) is 0 Å². The van der Waals surface area contributed by atoms with Gasteiger partial charge in [0.15, 0.2) is 5.65 Å². The molecule has 0 saturated heterocycles. The maximum atomic E-state index is 5.72. The molecule has 2 aromatic rings. The Balaban J connectivity index is 2.78. The first-order valence-corrected chi connectivity index (χ1v) is 3.96. The molecule has 0 atom stereocenters. The van der Waals surface area contributed by atoms with Crippen molar-refractivity contribution in [3.8, 4) is 0 Å². The lowest BCUT2D eigenvalue weighted by Crippen LogP contribution is -2.26. The van der Waals surface area contributed by atoms with Crippen molar-refractivity contribution in [1.82, 2.24) is 14.6 Å². The van der Waals surface area contributed by atoms with Gasteiger partial charge in [0.2, 0.25) is 5.95 Å². The van der Waals surface area contributed by atoms with Gasteiger partial charge in [0, 0.05) is 20.3 Å². The van der Waals surface area contributed by atoms with Gasteiger partial charge < -0.3 is 10.7 Å². The third kappa shape index (κ3) is 1.09. The van der Waals surface area contributed by atoms with Crippen molar-refractivity contribution < 1.29 is 0 Å². The van der Waals surface area contributed by atoms with Crippen molar-refractivity contribution in [2.24, 2.45) is 0 Å². The van der Waals surface area contributed by atoms with E-state index in [1.807, 2.05) is 31.2 Å². The van der Waals surface area contributed by atoms with Crippen molar-refractivity contribution in [1.29, 1.82) is 0 Å². The standard InChI is InChI=1S/C8H11N5/c1-12(2)13-7-6(11-8(13)9)4-3-5-10-7/h3-5H,1-2H3,(H2,9,11). The number of fused-ring (bicyclic) bond motifs is 1. The molecular weight excluding hydrogens is 166 g/mol. The van der Waals surface area contributed by atoms with Crippen molar-refractivity contribution in [3.63, 3.8) is 0 Å². The second kappa shape index (κ2) is 2.62. The van der Waals surface area contributed by atoms with Gasteiger partial charge >= 0.3 is 0 Å². The number of imidazole rings is 1. The first kappa shape index (κ1) is 7.85. The van der Waals surface area contributed by atoms with Gasteiger partial charge in [-0.2, -0.15) is 0 Å². The summed E-state index contributed by atoms with van der Waals surface area (Å²) in [5, 5.41) is 1.84. The molecule has 2 heterocycles. The number of nitrogen functional groups attached to an aromatic ring is 1. The fourth-order valence-corrected chi connectivity index (χ4v) is 1.31. The van der Waals surface area contributed by atoms with Crippen LogP contribution in [0, 0.1) is 0 Å². The maximum absolute atomic E-state index is 5.72. The van der Waals surface area contributed by atoms with Gasteiger partial charge in [0.1, 0.15) is 5.52 Å². The lowest BCUT2D eigenvalue weighted by Gasteiger charge is -2.14. The zero-order valence-corrected chi connectivity index (χ0v) is 7.60. The molecule has 0 radical (unpaired) electrons. The molecule has 0 fully saturated rings. The fraction of sp³-hybridized carbons (Fsp3) is 0.250. The van der Waals surface area contributed by atoms with Crippen LogP contribution in [0.5, 0.6) is 0 Å². The zero-order valence-electron chi connectivity index (χ0n) is 7.60. The van der Waals surface area contributed by atoms with Gasteiger partial charge in [-0.25, -0.2) is 14.6 Å². The Bertz CT molecular complexity index is 431. The summed E-state index contributed by atoms with van der Waals surface area (Å²) >= 11 is 0. The highest BCUT2D eigenvalue weighted by Gasteiger charge is 2.08. The van der Waals surface area contributed by atoms with Crippen molar-refractivity contribution in [2.75, 3.05) is 24.8 Å². The maximum Gasteiger partial charge on any atom is 0.221 e. The van der Waals surface area contributed by atoms with Gasteiger partial charge in [0.25, 0.3) is 0 Å².